The van der Waals surface area contributed by atoms with Gasteiger partial charge in [0.1, 0.15) is 17.1 Å². The van der Waals surface area contributed by atoms with Crippen molar-refractivity contribution in [1.29, 1.82) is 0 Å². The van der Waals surface area contributed by atoms with Gasteiger partial charge in [-0.15, -0.1) is 0 Å². The van der Waals surface area contributed by atoms with Gasteiger partial charge in [0.2, 0.25) is 5.91 Å². The predicted molar refractivity (Wildman–Crippen MR) is 170 cm³/mol. The standard InChI is InChI=1S/C32H37FN4O5S2/c33-24-14-21(3-7-34-17-27(39)25-1-2-26(38)29-30(25)44-31(41)35-29)13-23(15-24)18-36-8-5-32(6-9-36)20-37(10-11-42-32)28(40)16-22-4-12-43-19-22/h1-2,4,12-15,19,27,34,38-39H,3,5-11,16-18,20H2,(H,35,41). The van der Waals surface area contributed by atoms with E-state index in [1.54, 1.807) is 29.5 Å². The van der Waals surface area contributed by atoms with E-state index in [-0.39, 0.29) is 34.5 Å². The Morgan fingerprint density at radius 2 is 1.95 bits per heavy atom. The number of hydrogen-bond acceptors (Lipinski definition) is 9. The summed E-state index contributed by atoms with van der Waals surface area (Å²) in [6.07, 6.45) is 1.82. The smallest absolute Gasteiger partial charge is 0.305 e. The van der Waals surface area contributed by atoms with Crippen molar-refractivity contribution in [1.82, 2.24) is 20.1 Å². The molecule has 0 radical (unpaired) electrons. The van der Waals surface area contributed by atoms with Crippen molar-refractivity contribution in [2.24, 2.45) is 0 Å². The summed E-state index contributed by atoms with van der Waals surface area (Å²) in [4.78, 5) is 31.3. The lowest BCUT2D eigenvalue weighted by atomic mass is 9.89. The van der Waals surface area contributed by atoms with Crippen molar-refractivity contribution >= 4 is 38.8 Å². The molecule has 2 aliphatic heterocycles. The van der Waals surface area contributed by atoms with Gasteiger partial charge in [0.25, 0.3) is 0 Å². The van der Waals surface area contributed by atoms with E-state index in [2.05, 4.69) is 15.2 Å². The average Bonchev–Trinajstić information content (AvgIpc) is 3.66. The minimum atomic E-state index is -0.866. The fraction of sp³-hybridized carbons (Fsp3) is 0.438. The molecule has 4 aromatic rings. The predicted octanol–water partition coefficient (Wildman–Crippen LogP) is 3.80. The normalized spacial score (nSPS) is 17.8. The van der Waals surface area contributed by atoms with Crippen molar-refractivity contribution in [2.75, 3.05) is 45.9 Å². The first-order chi connectivity index (χ1) is 21.3. The number of hydrogen-bond donors (Lipinski definition) is 4. The van der Waals surface area contributed by atoms with Gasteiger partial charge in [0.05, 0.1) is 29.4 Å². The third-order valence-electron chi connectivity index (χ3n) is 8.60. The van der Waals surface area contributed by atoms with Crippen LogP contribution < -0.4 is 10.2 Å². The molecule has 234 valence electrons. The zero-order valence-corrected chi connectivity index (χ0v) is 26.0. The number of amides is 1. The lowest BCUT2D eigenvalue weighted by Gasteiger charge is -2.47. The zero-order chi connectivity index (χ0) is 30.7. The second kappa shape index (κ2) is 13.5. The monoisotopic (exact) mass is 640 g/mol. The summed E-state index contributed by atoms with van der Waals surface area (Å²) >= 11 is 2.56. The van der Waals surface area contributed by atoms with E-state index in [0.717, 1.165) is 54.0 Å². The molecular weight excluding hydrogens is 604 g/mol. The Bertz CT molecular complexity index is 1650. The number of aromatic amines is 1. The first kappa shape index (κ1) is 30.9. The Labute approximate surface area is 262 Å². The molecule has 4 heterocycles. The maximum atomic E-state index is 14.6. The van der Waals surface area contributed by atoms with E-state index < -0.39 is 6.10 Å². The van der Waals surface area contributed by atoms with E-state index in [4.69, 9.17) is 4.74 Å². The fourth-order valence-corrected chi connectivity index (χ4v) is 7.84. The number of fused-ring (bicyclic) bond motifs is 1. The lowest BCUT2D eigenvalue weighted by molar-refractivity contribution is -0.159. The molecule has 0 saturated carbocycles. The molecule has 2 aliphatic rings. The van der Waals surface area contributed by atoms with Crippen molar-refractivity contribution in [3.63, 3.8) is 0 Å². The quantitative estimate of drug-likeness (QED) is 0.195. The molecule has 1 atom stereocenters. The molecule has 0 bridgehead atoms. The Morgan fingerprint density at radius 3 is 2.75 bits per heavy atom. The van der Waals surface area contributed by atoms with Crippen LogP contribution in [0.2, 0.25) is 0 Å². The van der Waals surface area contributed by atoms with E-state index >= 15 is 0 Å². The van der Waals surface area contributed by atoms with E-state index in [1.807, 2.05) is 27.8 Å². The maximum Gasteiger partial charge on any atom is 0.305 e. The zero-order valence-electron chi connectivity index (χ0n) is 24.4. The van der Waals surface area contributed by atoms with Gasteiger partial charge in [-0.2, -0.15) is 11.3 Å². The van der Waals surface area contributed by atoms with E-state index in [1.165, 1.54) is 6.07 Å². The van der Waals surface area contributed by atoms with Gasteiger partial charge in [-0.3, -0.25) is 14.5 Å². The number of aliphatic hydroxyl groups is 1. The first-order valence-corrected chi connectivity index (χ1v) is 16.7. The number of benzene rings is 2. The number of nitrogens with zero attached hydrogens (tertiary/aromatic N) is 2. The van der Waals surface area contributed by atoms with E-state index in [9.17, 15) is 24.2 Å². The number of halogens is 1. The number of H-pyrrole nitrogens is 1. The highest BCUT2D eigenvalue weighted by atomic mass is 32.1. The maximum absolute atomic E-state index is 14.6. The molecular formula is C32H37FN4O5S2. The number of phenolic OH excluding ortho intramolecular Hbond substituents is 1. The van der Waals surface area contributed by atoms with Crippen LogP contribution in [0.4, 0.5) is 4.39 Å². The number of carbonyl (C=O) groups excluding carboxylic acids is 1. The molecule has 2 aromatic carbocycles. The molecule has 12 heteroatoms. The number of aliphatic hydroxyl groups excluding tert-OH is 1. The van der Waals surface area contributed by atoms with Crippen molar-refractivity contribution in [2.45, 2.75) is 43.9 Å². The van der Waals surface area contributed by atoms with Crippen LogP contribution in [-0.2, 0) is 28.9 Å². The number of thiophene rings is 1. The summed E-state index contributed by atoms with van der Waals surface area (Å²) in [6, 6.07) is 10.3. The largest absolute Gasteiger partial charge is 0.506 e. The minimum absolute atomic E-state index is 0.0286. The number of nitrogens with one attached hydrogen (secondary N) is 2. The molecule has 2 aromatic heterocycles. The summed E-state index contributed by atoms with van der Waals surface area (Å²) < 4.78 is 21.4. The number of phenols is 1. The minimum Gasteiger partial charge on any atom is -0.506 e. The molecule has 1 unspecified atom stereocenters. The van der Waals surface area contributed by atoms with Crippen LogP contribution in [0.3, 0.4) is 0 Å². The van der Waals surface area contributed by atoms with Gasteiger partial charge in [-0.25, -0.2) is 4.39 Å². The highest BCUT2D eigenvalue weighted by Crippen LogP contribution is 2.32. The van der Waals surface area contributed by atoms with Gasteiger partial charge in [-0.1, -0.05) is 23.5 Å². The van der Waals surface area contributed by atoms with Crippen LogP contribution in [-0.4, -0.2) is 82.4 Å². The third kappa shape index (κ3) is 7.22. The van der Waals surface area contributed by atoms with Crippen molar-refractivity contribution in [3.8, 4) is 5.75 Å². The SMILES string of the molecule is O=C(Cc1ccsc1)N1CCOC2(CCN(Cc3cc(F)cc(CCNCC(O)c4ccc(O)c5[nH]c(=O)sc45)c3)CC2)C1. The summed E-state index contributed by atoms with van der Waals surface area (Å²) in [5.41, 5.74) is 3.45. The number of aromatic hydroxyl groups is 1. The molecule has 2 saturated heterocycles. The molecule has 1 amide bonds. The number of ether oxygens (including phenoxy) is 1. The summed E-state index contributed by atoms with van der Waals surface area (Å²) in [7, 11) is 0. The molecule has 9 nitrogen and oxygen atoms in total. The summed E-state index contributed by atoms with van der Waals surface area (Å²) in [6.45, 7) is 4.88. The van der Waals surface area contributed by atoms with Gasteiger partial charge in [0, 0.05) is 44.8 Å². The van der Waals surface area contributed by atoms with Gasteiger partial charge < -0.3 is 30.2 Å². The summed E-state index contributed by atoms with van der Waals surface area (Å²) in [5.74, 6) is -0.143. The van der Waals surface area contributed by atoms with Crippen LogP contribution >= 0.6 is 22.7 Å². The Hall–Kier alpha value is -3.13. The topological polar surface area (TPSA) is 118 Å². The second-order valence-electron chi connectivity index (χ2n) is 11.8. The fourth-order valence-electron chi connectivity index (χ4n) is 6.25. The van der Waals surface area contributed by atoms with Gasteiger partial charge >= 0.3 is 4.87 Å². The van der Waals surface area contributed by atoms with Crippen molar-refractivity contribution < 1.29 is 24.1 Å². The van der Waals surface area contributed by atoms with E-state index in [0.29, 0.717) is 61.4 Å². The van der Waals surface area contributed by atoms with Gasteiger partial charge in [0.15, 0.2) is 0 Å². The number of carbonyl (C=O) groups is 1. The lowest BCUT2D eigenvalue weighted by Crippen LogP contribution is -2.58. The number of thiazole rings is 1. The Kier molecular flexibility index (Phi) is 9.45. The molecule has 0 aliphatic carbocycles. The highest BCUT2D eigenvalue weighted by molar-refractivity contribution is 7.16. The molecule has 6 rings (SSSR count). The van der Waals surface area contributed by atoms with Crippen LogP contribution in [0.25, 0.3) is 10.2 Å². The number of piperidine rings is 1. The third-order valence-corrected chi connectivity index (χ3v) is 10.3. The van der Waals surface area contributed by atoms with Crippen LogP contribution in [0, 0.1) is 5.82 Å². The highest BCUT2D eigenvalue weighted by Gasteiger charge is 2.40. The Balaban J connectivity index is 0.980. The number of rotatable bonds is 10. The van der Waals surface area contributed by atoms with Crippen molar-refractivity contribution in [3.05, 3.63) is 84.9 Å². The molecule has 44 heavy (non-hydrogen) atoms. The number of aromatic nitrogens is 1. The summed E-state index contributed by atoms with van der Waals surface area (Å²) in [5, 5.41) is 28.0. The van der Waals surface area contributed by atoms with Gasteiger partial charge in [-0.05, 0) is 77.5 Å². The van der Waals surface area contributed by atoms with Crippen LogP contribution in [0.15, 0.2) is 52.0 Å². The average molecular weight is 641 g/mol. The molecule has 2 fully saturated rings. The second-order valence-corrected chi connectivity index (χ2v) is 13.5. The Morgan fingerprint density at radius 1 is 1.14 bits per heavy atom. The first-order valence-electron chi connectivity index (χ1n) is 14.9. The number of morpholine rings is 1. The molecule has 1 spiro atoms. The van der Waals surface area contributed by atoms with Crippen LogP contribution in [0.1, 0.15) is 41.2 Å². The molecule has 4 N–H and O–H groups in total. The van der Waals surface area contributed by atoms with Crippen LogP contribution in [0.5, 0.6) is 5.75 Å². The number of likely N-dealkylation sites (tertiary alicyclic amines) is 1.